The predicted octanol–water partition coefficient (Wildman–Crippen LogP) is 11.9. The van der Waals surface area contributed by atoms with Crippen LogP contribution in [-0.2, 0) is 0 Å². The van der Waals surface area contributed by atoms with Crippen molar-refractivity contribution in [2.24, 2.45) is 0 Å². The van der Waals surface area contributed by atoms with Gasteiger partial charge in [0.2, 0.25) is 0 Å². The first-order chi connectivity index (χ1) is 22.3. The summed E-state index contributed by atoms with van der Waals surface area (Å²) in [5, 5.41) is 6.87. The van der Waals surface area contributed by atoms with Crippen molar-refractivity contribution < 1.29 is 8.83 Å². The molecule has 3 nitrogen and oxygen atoms in total. The van der Waals surface area contributed by atoms with E-state index in [2.05, 4.69) is 144 Å². The van der Waals surface area contributed by atoms with Gasteiger partial charge in [-0.15, -0.1) is 0 Å². The van der Waals surface area contributed by atoms with Crippen LogP contribution in [-0.4, -0.2) is 4.57 Å². The van der Waals surface area contributed by atoms with Crippen molar-refractivity contribution in [2.75, 3.05) is 0 Å². The molecular formula is C42H25NO2. The summed E-state index contributed by atoms with van der Waals surface area (Å²) < 4.78 is 15.8. The van der Waals surface area contributed by atoms with Gasteiger partial charge >= 0.3 is 0 Å². The van der Waals surface area contributed by atoms with Gasteiger partial charge in [-0.3, -0.25) is 0 Å². The normalized spacial score (nSPS) is 12.0. The van der Waals surface area contributed by atoms with Crippen LogP contribution in [0.3, 0.4) is 0 Å². The maximum atomic E-state index is 6.97. The predicted molar refractivity (Wildman–Crippen MR) is 186 cm³/mol. The topological polar surface area (TPSA) is 31.2 Å². The number of hydrogen-bond donors (Lipinski definition) is 0. The van der Waals surface area contributed by atoms with Crippen molar-refractivity contribution in [3.8, 4) is 27.9 Å². The molecule has 10 rings (SSSR count). The highest BCUT2D eigenvalue weighted by atomic mass is 16.3. The molecule has 0 radical (unpaired) electrons. The number of fused-ring (bicyclic) bond motifs is 9. The molecule has 0 saturated carbocycles. The fourth-order valence-electron chi connectivity index (χ4n) is 7.21. The molecular weight excluding hydrogens is 550 g/mol. The Morgan fingerprint density at radius 3 is 1.73 bits per heavy atom. The van der Waals surface area contributed by atoms with Gasteiger partial charge in [0.25, 0.3) is 0 Å². The molecule has 10 aromatic rings. The molecule has 3 heterocycles. The second-order valence-corrected chi connectivity index (χ2v) is 11.7. The van der Waals surface area contributed by atoms with E-state index in [1.165, 1.54) is 10.8 Å². The Morgan fingerprint density at radius 2 is 0.956 bits per heavy atom. The summed E-state index contributed by atoms with van der Waals surface area (Å²) in [5.74, 6) is 0. The van der Waals surface area contributed by atoms with Crippen molar-refractivity contribution >= 4 is 65.7 Å². The molecule has 0 amide bonds. The van der Waals surface area contributed by atoms with Crippen molar-refractivity contribution in [1.29, 1.82) is 0 Å². The summed E-state index contributed by atoms with van der Waals surface area (Å²) in [6.07, 6.45) is 0. The van der Waals surface area contributed by atoms with Gasteiger partial charge in [-0.1, -0.05) is 115 Å². The number of aromatic nitrogens is 1. The van der Waals surface area contributed by atoms with Crippen LogP contribution in [0.5, 0.6) is 0 Å². The lowest BCUT2D eigenvalue weighted by molar-refractivity contribution is 0.667. The highest BCUT2D eigenvalue weighted by Gasteiger charge is 2.21. The zero-order valence-electron chi connectivity index (χ0n) is 24.2. The third-order valence-corrected chi connectivity index (χ3v) is 9.20. The third kappa shape index (κ3) is 3.46. The van der Waals surface area contributed by atoms with Crippen molar-refractivity contribution in [3.63, 3.8) is 0 Å². The second-order valence-electron chi connectivity index (χ2n) is 11.7. The average molecular weight is 576 g/mol. The Labute approximate surface area is 258 Å². The number of benzene rings is 7. The molecule has 0 bridgehead atoms. The smallest absolute Gasteiger partial charge is 0.159 e. The zero-order valence-corrected chi connectivity index (χ0v) is 24.2. The lowest BCUT2D eigenvalue weighted by Crippen LogP contribution is -1.93. The van der Waals surface area contributed by atoms with Crippen LogP contribution in [0.1, 0.15) is 0 Å². The van der Waals surface area contributed by atoms with Crippen LogP contribution in [0.4, 0.5) is 0 Å². The fraction of sp³-hybridized carbons (Fsp3) is 0. The maximum absolute atomic E-state index is 6.97. The van der Waals surface area contributed by atoms with Gasteiger partial charge in [-0.25, -0.2) is 0 Å². The summed E-state index contributed by atoms with van der Waals surface area (Å²) in [5.41, 5.74) is 11.2. The summed E-state index contributed by atoms with van der Waals surface area (Å²) in [6, 6.07) is 53.4. The van der Waals surface area contributed by atoms with Crippen LogP contribution in [0.15, 0.2) is 160 Å². The van der Waals surface area contributed by atoms with Gasteiger partial charge in [-0.2, -0.15) is 0 Å². The van der Waals surface area contributed by atoms with Crippen LogP contribution in [0.2, 0.25) is 0 Å². The minimum atomic E-state index is 0.871. The first kappa shape index (κ1) is 24.4. The summed E-state index contributed by atoms with van der Waals surface area (Å²) in [4.78, 5) is 0. The van der Waals surface area contributed by atoms with Crippen LogP contribution >= 0.6 is 0 Å². The first-order valence-corrected chi connectivity index (χ1v) is 15.3. The lowest BCUT2D eigenvalue weighted by Gasteiger charge is -2.08. The fourth-order valence-corrected chi connectivity index (χ4v) is 7.21. The SMILES string of the molecule is c1ccc(-c2cc(-c3cccc4c3oc3ccccc34)cc3c2oc2c(-n4c5ccccc5c5ccccc54)cccc23)cc1. The molecule has 0 unspecified atom stereocenters. The van der Waals surface area contributed by atoms with E-state index in [1.807, 2.05) is 12.1 Å². The molecule has 45 heavy (non-hydrogen) atoms. The lowest BCUT2D eigenvalue weighted by atomic mass is 9.95. The molecule has 0 spiro atoms. The standard InChI is InChI=1S/C42H25NO2/c1-2-12-26(13-3-1)34-24-27(28-17-10-18-32-31-16-6-9-23-39(31)44-40(28)32)25-35-33-19-11-22-38(42(33)45-41(34)35)43-36-20-7-4-14-29(36)30-15-5-8-21-37(30)43/h1-25H. The minimum absolute atomic E-state index is 0.871. The Kier molecular flexibility index (Phi) is 5.00. The molecule has 0 fully saturated rings. The van der Waals surface area contributed by atoms with Gasteiger partial charge in [0.05, 0.1) is 16.7 Å². The Morgan fingerprint density at radius 1 is 0.356 bits per heavy atom. The molecule has 210 valence electrons. The largest absolute Gasteiger partial charge is 0.455 e. The van der Waals surface area contributed by atoms with E-state index < -0.39 is 0 Å². The van der Waals surface area contributed by atoms with Crippen LogP contribution in [0.25, 0.3) is 93.6 Å². The highest BCUT2D eigenvalue weighted by Crippen LogP contribution is 2.44. The molecule has 0 saturated heterocycles. The number of rotatable bonds is 3. The minimum Gasteiger partial charge on any atom is -0.455 e. The maximum Gasteiger partial charge on any atom is 0.159 e. The van der Waals surface area contributed by atoms with Gasteiger partial charge in [0.1, 0.15) is 16.7 Å². The summed E-state index contributed by atoms with van der Waals surface area (Å²) in [7, 11) is 0. The first-order valence-electron chi connectivity index (χ1n) is 15.3. The van der Waals surface area contributed by atoms with Gasteiger partial charge in [-0.05, 0) is 47.5 Å². The zero-order chi connectivity index (χ0) is 29.5. The Bertz CT molecular complexity index is 2710. The van der Waals surface area contributed by atoms with E-state index in [1.54, 1.807) is 0 Å². The van der Waals surface area contributed by atoms with Crippen LogP contribution < -0.4 is 0 Å². The number of para-hydroxylation sites is 5. The van der Waals surface area contributed by atoms with Crippen molar-refractivity contribution in [2.45, 2.75) is 0 Å². The van der Waals surface area contributed by atoms with E-state index in [-0.39, 0.29) is 0 Å². The third-order valence-electron chi connectivity index (χ3n) is 9.20. The van der Waals surface area contributed by atoms with Gasteiger partial charge < -0.3 is 13.4 Å². The van der Waals surface area contributed by atoms with Crippen LogP contribution in [0, 0.1) is 0 Å². The molecule has 3 heteroatoms. The van der Waals surface area contributed by atoms with Crippen molar-refractivity contribution in [3.05, 3.63) is 152 Å². The molecule has 0 aliphatic carbocycles. The number of hydrogen-bond acceptors (Lipinski definition) is 2. The molecule has 3 aromatic heterocycles. The Balaban J connectivity index is 1.31. The van der Waals surface area contributed by atoms with E-state index in [9.17, 15) is 0 Å². The highest BCUT2D eigenvalue weighted by molar-refractivity contribution is 6.16. The van der Waals surface area contributed by atoms with E-state index in [4.69, 9.17) is 8.83 Å². The van der Waals surface area contributed by atoms with Gasteiger partial charge in [0, 0.05) is 43.4 Å². The number of furan rings is 2. The van der Waals surface area contributed by atoms with E-state index >= 15 is 0 Å². The monoisotopic (exact) mass is 575 g/mol. The van der Waals surface area contributed by atoms with E-state index in [0.717, 1.165) is 82.9 Å². The Hall–Kier alpha value is -6.06. The summed E-state index contributed by atoms with van der Waals surface area (Å²) >= 11 is 0. The molecule has 0 aliphatic heterocycles. The molecule has 0 N–H and O–H groups in total. The number of nitrogens with zero attached hydrogens (tertiary/aromatic N) is 1. The average Bonchev–Trinajstić information content (AvgIpc) is 3.78. The quantitative estimate of drug-likeness (QED) is 0.210. The van der Waals surface area contributed by atoms with E-state index in [0.29, 0.717) is 0 Å². The molecule has 0 aliphatic rings. The molecule has 7 aromatic carbocycles. The van der Waals surface area contributed by atoms with Crippen molar-refractivity contribution in [1.82, 2.24) is 4.57 Å². The van der Waals surface area contributed by atoms with Gasteiger partial charge in [0.15, 0.2) is 5.58 Å². The molecule has 0 atom stereocenters. The summed E-state index contributed by atoms with van der Waals surface area (Å²) in [6.45, 7) is 0. The second kappa shape index (κ2) is 9.22.